The molecule has 0 aromatic heterocycles. The third kappa shape index (κ3) is 7.59. The number of benzene rings is 1. The van der Waals surface area contributed by atoms with Crippen molar-refractivity contribution in [3.05, 3.63) is 29.8 Å². The summed E-state index contributed by atoms with van der Waals surface area (Å²) >= 11 is 0. The fraction of sp³-hybridized carbons (Fsp3) is 0.619. The van der Waals surface area contributed by atoms with Crippen LogP contribution in [-0.4, -0.2) is 44.1 Å². The van der Waals surface area contributed by atoms with E-state index in [2.05, 4.69) is 35.0 Å². The minimum Gasteiger partial charge on any atom is -0.494 e. The van der Waals surface area contributed by atoms with Crippen LogP contribution in [0.2, 0.25) is 0 Å². The molecule has 2 unspecified atom stereocenters. The van der Waals surface area contributed by atoms with Gasteiger partial charge in [0.05, 0.1) is 18.6 Å². The highest BCUT2D eigenvalue weighted by molar-refractivity contribution is 5.82. The first kappa shape index (κ1) is 21.2. The molecule has 1 aliphatic rings. The second-order valence-electron chi connectivity index (χ2n) is 7.16. The molecule has 150 valence electrons. The van der Waals surface area contributed by atoms with Crippen molar-refractivity contribution in [2.45, 2.75) is 52.0 Å². The minimum absolute atomic E-state index is 0.00523. The molecule has 0 bridgehead atoms. The van der Waals surface area contributed by atoms with Gasteiger partial charge in [-0.1, -0.05) is 37.5 Å². The van der Waals surface area contributed by atoms with Gasteiger partial charge in [0.15, 0.2) is 0 Å². The zero-order valence-electron chi connectivity index (χ0n) is 16.6. The van der Waals surface area contributed by atoms with Crippen molar-refractivity contribution in [2.24, 2.45) is 5.92 Å². The number of nitrogens with one attached hydrogen (secondary N) is 3. The van der Waals surface area contributed by atoms with Crippen molar-refractivity contribution < 1.29 is 14.3 Å². The van der Waals surface area contributed by atoms with Gasteiger partial charge in [-0.25, -0.2) is 0 Å². The lowest BCUT2D eigenvalue weighted by atomic mass is 10.0. The number of amides is 2. The standard InChI is InChI=1S/C21H33N3O3/c1-3-20(25)24-19-15-22-14-18(19)21(26)23-12-6-4-5-7-13-27-17-10-8-16(2)9-11-17/h8-11,18-19,22H,3-7,12-15H2,1-2H3,(H,23,26)(H,24,25). The van der Waals surface area contributed by atoms with Crippen molar-refractivity contribution in [1.82, 2.24) is 16.0 Å². The molecule has 2 rings (SSSR count). The first-order valence-electron chi connectivity index (χ1n) is 10.1. The van der Waals surface area contributed by atoms with Crippen LogP contribution in [0.1, 0.15) is 44.6 Å². The van der Waals surface area contributed by atoms with Crippen molar-refractivity contribution in [2.75, 3.05) is 26.2 Å². The number of unbranched alkanes of at least 4 members (excludes halogenated alkanes) is 3. The van der Waals surface area contributed by atoms with Crippen LogP contribution in [0.25, 0.3) is 0 Å². The van der Waals surface area contributed by atoms with Gasteiger partial charge in [-0.15, -0.1) is 0 Å². The molecule has 1 aromatic carbocycles. The summed E-state index contributed by atoms with van der Waals surface area (Å²) in [5.41, 5.74) is 1.23. The van der Waals surface area contributed by atoms with Crippen LogP contribution in [0, 0.1) is 12.8 Å². The van der Waals surface area contributed by atoms with E-state index in [1.54, 1.807) is 0 Å². The summed E-state index contributed by atoms with van der Waals surface area (Å²) in [7, 11) is 0. The van der Waals surface area contributed by atoms with Crippen LogP contribution in [-0.2, 0) is 9.59 Å². The Labute approximate surface area is 162 Å². The first-order valence-corrected chi connectivity index (χ1v) is 10.1. The summed E-state index contributed by atoms with van der Waals surface area (Å²) in [6, 6.07) is 8.00. The van der Waals surface area contributed by atoms with Gasteiger partial charge >= 0.3 is 0 Å². The predicted octanol–water partition coefficient (Wildman–Crippen LogP) is 2.16. The number of carbonyl (C=O) groups excluding carboxylic acids is 2. The quantitative estimate of drug-likeness (QED) is 0.518. The van der Waals surface area contributed by atoms with Crippen molar-refractivity contribution in [3.63, 3.8) is 0 Å². The van der Waals surface area contributed by atoms with Crippen molar-refractivity contribution in [1.29, 1.82) is 0 Å². The Morgan fingerprint density at radius 2 is 1.85 bits per heavy atom. The maximum atomic E-state index is 12.3. The molecular weight excluding hydrogens is 342 g/mol. The van der Waals surface area contributed by atoms with Crippen LogP contribution >= 0.6 is 0 Å². The average molecular weight is 376 g/mol. The van der Waals surface area contributed by atoms with Crippen LogP contribution in [0.5, 0.6) is 5.75 Å². The number of carbonyl (C=O) groups is 2. The van der Waals surface area contributed by atoms with Gasteiger partial charge in [0.1, 0.15) is 5.75 Å². The molecule has 0 saturated carbocycles. The summed E-state index contributed by atoms with van der Waals surface area (Å²) < 4.78 is 5.71. The van der Waals surface area contributed by atoms with E-state index in [1.807, 2.05) is 19.1 Å². The van der Waals surface area contributed by atoms with Crippen LogP contribution in [0.3, 0.4) is 0 Å². The van der Waals surface area contributed by atoms with E-state index in [4.69, 9.17) is 4.74 Å². The molecule has 2 amide bonds. The van der Waals surface area contributed by atoms with Crippen LogP contribution in [0.15, 0.2) is 24.3 Å². The molecule has 0 radical (unpaired) electrons. The Bertz CT molecular complexity index is 589. The molecule has 0 spiro atoms. The Morgan fingerprint density at radius 1 is 1.11 bits per heavy atom. The average Bonchev–Trinajstić information content (AvgIpc) is 3.13. The number of hydrogen-bond donors (Lipinski definition) is 3. The highest BCUT2D eigenvalue weighted by Crippen LogP contribution is 2.12. The van der Waals surface area contributed by atoms with E-state index >= 15 is 0 Å². The predicted molar refractivity (Wildman–Crippen MR) is 107 cm³/mol. The normalized spacial score (nSPS) is 18.9. The van der Waals surface area contributed by atoms with Gasteiger partial charge in [-0.3, -0.25) is 9.59 Å². The minimum atomic E-state index is -0.177. The summed E-state index contributed by atoms with van der Waals surface area (Å²) in [5.74, 6) is 0.768. The summed E-state index contributed by atoms with van der Waals surface area (Å²) in [4.78, 5) is 23.9. The molecule has 0 aliphatic carbocycles. The SMILES string of the molecule is CCC(=O)NC1CNCC1C(=O)NCCCCCCOc1ccc(C)cc1. The molecule has 1 aliphatic heterocycles. The second kappa shape index (κ2) is 11.6. The van der Waals surface area contributed by atoms with E-state index in [-0.39, 0.29) is 23.8 Å². The maximum absolute atomic E-state index is 12.3. The molecule has 2 atom stereocenters. The number of rotatable bonds is 11. The molecule has 1 saturated heterocycles. The van der Waals surface area contributed by atoms with E-state index in [9.17, 15) is 9.59 Å². The Balaban J connectivity index is 1.51. The Kier molecular flexibility index (Phi) is 9.11. The van der Waals surface area contributed by atoms with Gasteiger partial charge < -0.3 is 20.7 Å². The summed E-state index contributed by atoms with van der Waals surface area (Å²) in [6.45, 7) is 6.57. The molecule has 1 heterocycles. The Morgan fingerprint density at radius 3 is 2.59 bits per heavy atom. The third-order valence-corrected chi connectivity index (χ3v) is 4.88. The fourth-order valence-corrected chi connectivity index (χ4v) is 3.16. The lowest BCUT2D eigenvalue weighted by Gasteiger charge is -2.19. The van der Waals surface area contributed by atoms with Gasteiger partial charge in [-0.05, 0) is 31.9 Å². The van der Waals surface area contributed by atoms with E-state index in [0.29, 0.717) is 26.1 Å². The number of aryl methyl sites for hydroxylation is 1. The van der Waals surface area contributed by atoms with Crippen LogP contribution < -0.4 is 20.7 Å². The van der Waals surface area contributed by atoms with Crippen molar-refractivity contribution >= 4 is 11.8 Å². The largest absolute Gasteiger partial charge is 0.494 e. The lowest BCUT2D eigenvalue weighted by molar-refractivity contribution is -0.126. The molecule has 3 N–H and O–H groups in total. The molecule has 6 heteroatoms. The zero-order chi connectivity index (χ0) is 19.5. The first-order chi connectivity index (χ1) is 13.1. The van der Waals surface area contributed by atoms with E-state index < -0.39 is 0 Å². The van der Waals surface area contributed by atoms with E-state index in [1.165, 1.54) is 5.56 Å². The Hall–Kier alpha value is -2.08. The van der Waals surface area contributed by atoms with Gasteiger partial charge in [0, 0.05) is 26.1 Å². The molecule has 6 nitrogen and oxygen atoms in total. The number of hydrogen-bond acceptors (Lipinski definition) is 4. The fourth-order valence-electron chi connectivity index (χ4n) is 3.16. The highest BCUT2D eigenvalue weighted by Gasteiger charge is 2.33. The molecule has 1 aromatic rings. The topological polar surface area (TPSA) is 79.5 Å². The lowest BCUT2D eigenvalue weighted by Crippen LogP contribution is -2.46. The van der Waals surface area contributed by atoms with Gasteiger partial charge in [0.2, 0.25) is 11.8 Å². The summed E-state index contributed by atoms with van der Waals surface area (Å²) in [6.07, 6.45) is 4.57. The monoisotopic (exact) mass is 375 g/mol. The van der Waals surface area contributed by atoms with E-state index in [0.717, 1.165) is 38.0 Å². The molecule has 1 fully saturated rings. The summed E-state index contributed by atoms with van der Waals surface area (Å²) in [5, 5.41) is 9.12. The zero-order valence-corrected chi connectivity index (χ0v) is 16.6. The molecule has 27 heavy (non-hydrogen) atoms. The number of ether oxygens (including phenoxy) is 1. The third-order valence-electron chi connectivity index (χ3n) is 4.88. The van der Waals surface area contributed by atoms with Crippen molar-refractivity contribution in [3.8, 4) is 5.75 Å². The van der Waals surface area contributed by atoms with Gasteiger partial charge in [0.25, 0.3) is 0 Å². The second-order valence-corrected chi connectivity index (χ2v) is 7.16. The smallest absolute Gasteiger partial charge is 0.226 e. The van der Waals surface area contributed by atoms with Crippen LogP contribution in [0.4, 0.5) is 0 Å². The highest BCUT2D eigenvalue weighted by atomic mass is 16.5. The molecular formula is C21H33N3O3. The van der Waals surface area contributed by atoms with Gasteiger partial charge in [-0.2, -0.15) is 0 Å². The maximum Gasteiger partial charge on any atom is 0.226 e.